The monoisotopic (exact) mass is 473 g/mol. The highest BCUT2D eigenvalue weighted by molar-refractivity contribution is 8.04. The fourth-order valence-corrected chi connectivity index (χ4v) is 3.98. The molecule has 0 radical (unpaired) electrons. The molecule has 168 valence electrons. The van der Waals surface area contributed by atoms with Crippen LogP contribution in [0, 0.1) is 0 Å². The predicted molar refractivity (Wildman–Crippen MR) is 126 cm³/mol. The molecule has 0 saturated carbocycles. The first-order valence-electron chi connectivity index (χ1n) is 9.99. The third kappa shape index (κ3) is 5.63. The number of aliphatic carboxylic acids is 1. The number of thioether (sulfide) groups is 1. The molecule has 0 bridgehead atoms. The molecule has 0 spiro atoms. The van der Waals surface area contributed by atoms with Crippen molar-refractivity contribution in [3.63, 3.8) is 0 Å². The normalized spacial score (nSPS) is 11.6. The van der Waals surface area contributed by atoms with Crippen molar-refractivity contribution in [1.82, 2.24) is 14.8 Å². The highest BCUT2D eigenvalue weighted by Crippen LogP contribution is 2.33. The highest BCUT2D eigenvalue weighted by Gasteiger charge is 2.18. The summed E-state index contributed by atoms with van der Waals surface area (Å²) in [5.41, 5.74) is 1.52. The molecule has 9 heteroatoms. The molecule has 7 nitrogen and oxygen atoms in total. The van der Waals surface area contributed by atoms with Crippen LogP contribution in [0.15, 0.2) is 52.5 Å². The topological polar surface area (TPSA) is 86.5 Å². The Balaban J connectivity index is 1.93. The second-order valence-electron chi connectivity index (χ2n) is 7.05. The Labute approximate surface area is 196 Å². The van der Waals surface area contributed by atoms with Crippen LogP contribution in [0.2, 0.25) is 5.02 Å². The number of carboxylic acid groups (broad SMARTS) is 1. The lowest BCUT2D eigenvalue weighted by molar-refractivity contribution is -0.131. The third-order valence-corrected chi connectivity index (χ3v) is 5.64. The van der Waals surface area contributed by atoms with Crippen LogP contribution < -0.4 is 9.47 Å². The van der Waals surface area contributed by atoms with Crippen LogP contribution in [0.25, 0.3) is 17.5 Å². The summed E-state index contributed by atoms with van der Waals surface area (Å²) in [4.78, 5) is 12.1. The van der Waals surface area contributed by atoms with Gasteiger partial charge in [-0.1, -0.05) is 17.7 Å². The third-order valence-electron chi connectivity index (χ3n) is 4.40. The van der Waals surface area contributed by atoms with Crippen molar-refractivity contribution in [2.45, 2.75) is 38.6 Å². The maximum Gasteiger partial charge on any atom is 0.342 e. The van der Waals surface area contributed by atoms with Crippen LogP contribution in [0.1, 0.15) is 26.3 Å². The van der Waals surface area contributed by atoms with E-state index >= 15 is 0 Å². The Hall–Kier alpha value is -2.97. The summed E-state index contributed by atoms with van der Waals surface area (Å²) in [5, 5.41) is 19.4. The summed E-state index contributed by atoms with van der Waals surface area (Å²) in [7, 11) is 1.55. The van der Waals surface area contributed by atoms with Gasteiger partial charge in [0.1, 0.15) is 4.91 Å². The van der Waals surface area contributed by atoms with Gasteiger partial charge in [0.2, 0.25) is 0 Å². The van der Waals surface area contributed by atoms with E-state index in [1.165, 1.54) is 0 Å². The lowest BCUT2D eigenvalue weighted by atomic mass is 10.2. The number of ether oxygens (including phenoxy) is 2. The molecule has 0 fully saturated rings. The molecule has 0 amide bonds. The summed E-state index contributed by atoms with van der Waals surface area (Å²) in [6.45, 7) is 6.38. The first-order chi connectivity index (χ1) is 15.3. The van der Waals surface area contributed by atoms with E-state index < -0.39 is 5.97 Å². The molecule has 32 heavy (non-hydrogen) atoms. The number of methoxy groups -OCH3 is 1. The van der Waals surface area contributed by atoms with Crippen molar-refractivity contribution < 1.29 is 19.4 Å². The second kappa shape index (κ2) is 10.6. The van der Waals surface area contributed by atoms with Crippen LogP contribution in [0.3, 0.4) is 0 Å². The number of nitrogens with zero attached hydrogens (tertiary/aromatic N) is 3. The van der Waals surface area contributed by atoms with Gasteiger partial charge in [-0.25, -0.2) is 4.79 Å². The molecular weight excluding hydrogens is 450 g/mol. The maximum atomic E-state index is 12.0. The average Bonchev–Trinajstić information content (AvgIpc) is 3.16. The lowest BCUT2D eigenvalue weighted by Crippen LogP contribution is -2.06. The first-order valence-corrected chi connectivity index (χ1v) is 11.2. The van der Waals surface area contributed by atoms with E-state index in [1.54, 1.807) is 43.5 Å². The molecule has 1 aromatic heterocycles. The Morgan fingerprint density at radius 1 is 1.19 bits per heavy atom. The van der Waals surface area contributed by atoms with Gasteiger partial charge in [-0.05, 0) is 80.6 Å². The van der Waals surface area contributed by atoms with Gasteiger partial charge in [0, 0.05) is 17.1 Å². The van der Waals surface area contributed by atoms with Crippen LogP contribution in [-0.4, -0.2) is 39.1 Å². The van der Waals surface area contributed by atoms with Crippen molar-refractivity contribution in [3.8, 4) is 22.9 Å². The Kier molecular flexibility index (Phi) is 7.82. The quantitative estimate of drug-likeness (QED) is 0.318. The second-order valence-corrected chi connectivity index (χ2v) is 8.50. The summed E-state index contributed by atoms with van der Waals surface area (Å²) < 4.78 is 13.0. The van der Waals surface area contributed by atoms with Gasteiger partial charge in [-0.2, -0.15) is 0 Å². The Morgan fingerprint density at radius 2 is 1.91 bits per heavy atom. The zero-order valence-electron chi connectivity index (χ0n) is 18.2. The number of halogens is 1. The molecule has 1 N–H and O–H groups in total. The van der Waals surface area contributed by atoms with Crippen molar-refractivity contribution >= 4 is 35.4 Å². The minimum atomic E-state index is -1.06. The molecule has 2 aromatic carbocycles. The first kappa shape index (κ1) is 23.7. The van der Waals surface area contributed by atoms with Gasteiger partial charge < -0.3 is 19.1 Å². The maximum absolute atomic E-state index is 12.0. The number of carbonyl (C=O) groups is 1. The fraction of sp³-hybridized carbons (Fsp3) is 0.261. The molecule has 0 unspecified atom stereocenters. The summed E-state index contributed by atoms with van der Waals surface area (Å²) in [5.74, 6) is 0.717. The fourth-order valence-electron chi connectivity index (χ4n) is 2.97. The largest absolute Gasteiger partial charge is 0.493 e. The molecular formula is C23H24ClN3O4S. The number of hydrogen-bond donors (Lipinski definition) is 1. The SMILES string of the molecule is CCn1c(S/C(=C\c2ccc(OC(C)C)c(OC)c2)C(=O)O)nnc1-c1ccc(Cl)cc1. The van der Waals surface area contributed by atoms with Crippen molar-refractivity contribution in [1.29, 1.82) is 0 Å². The van der Waals surface area contributed by atoms with Crippen LogP contribution >= 0.6 is 23.4 Å². The zero-order valence-corrected chi connectivity index (χ0v) is 19.8. The van der Waals surface area contributed by atoms with Crippen molar-refractivity contribution in [2.24, 2.45) is 0 Å². The minimum absolute atomic E-state index is 0.00864. The molecule has 3 rings (SSSR count). The van der Waals surface area contributed by atoms with Crippen molar-refractivity contribution in [3.05, 3.63) is 58.0 Å². The molecule has 0 saturated heterocycles. The number of hydrogen-bond acceptors (Lipinski definition) is 6. The molecule has 0 aliphatic carbocycles. The number of aromatic nitrogens is 3. The van der Waals surface area contributed by atoms with E-state index in [1.807, 2.05) is 37.5 Å². The van der Waals surface area contributed by atoms with Gasteiger partial charge >= 0.3 is 5.97 Å². The molecule has 0 aliphatic rings. The Morgan fingerprint density at radius 3 is 2.50 bits per heavy atom. The smallest absolute Gasteiger partial charge is 0.342 e. The van der Waals surface area contributed by atoms with E-state index in [0.717, 1.165) is 17.3 Å². The van der Waals surface area contributed by atoms with E-state index in [2.05, 4.69) is 10.2 Å². The van der Waals surface area contributed by atoms with Crippen LogP contribution in [-0.2, 0) is 11.3 Å². The van der Waals surface area contributed by atoms with E-state index in [0.29, 0.717) is 39.6 Å². The lowest BCUT2D eigenvalue weighted by Gasteiger charge is -2.14. The van der Waals surface area contributed by atoms with Crippen LogP contribution in [0.4, 0.5) is 0 Å². The van der Waals surface area contributed by atoms with Crippen molar-refractivity contribution in [2.75, 3.05) is 7.11 Å². The Bertz CT molecular complexity index is 1130. The van der Waals surface area contributed by atoms with E-state index in [9.17, 15) is 9.90 Å². The molecule has 0 atom stereocenters. The number of carboxylic acids is 1. The van der Waals surface area contributed by atoms with Gasteiger partial charge in [0.25, 0.3) is 0 Å². The molecule has 0 aliphatic heterocycles. The minimum Gasteiger partial charge on any atom is -0.493 e. The summed E-state index contributed by atoms with van der Waals surface area (Å²) in [6.07, 6.45) is 1.57. The zero-order chi connectivity index (χ0) is 23.3. The number of rotatable bonds is 9. The standard InChI is InChI=1S/C23H24ClN3O4S/c1-5-27-21(16-7-9-17(24)10-8-16)25-26-23(27)32-20(22(28)29)13-15-6-11-18(31-14(2)3)19(12-15)30-4/h6-14H,5H2,1-4H3,(H,28,29)/b20-13-. The molecule has 3 aromatic rings. The van der Waals surface area contributed by atoms with Gasteiger partial charge in [-0.15, -0.1) is 10.2 Å². The summed E-state index contributed by atoms with van der Waals surface area (Å²) in [6, 6.07) is 12.6. The average molecular weight is 474 g/mol. The highest BCUT2D eigenvalue weighted by atomic mass is 35.5. The van der Waals surface area contributed by atoms with Gasteiger partial charge in [0.05, 0.1) is 13.2 Å². The number of benzene rings is 2. The van der Waals surface area contributed by atoms with Crippen LogP contribution in [0.5, 0.6) is 11.5 Å². The molecule has 1 heterocycles. The van der Waals surface area contributed by atoms with Gasteiger partial charge in [0.15, 0.2) is 22.5 Å². The van der Waals surface area contributed by atoms with E-state index in [4.69, 9.17) is 21.1 Å². The van der Waals surface area contributed by atoms with Gasteiger partial charge in [-0.3, -0.25) is 0 Å². The predicted octanol–water partition coefficient (Wildman–Crippen LogP) is 5.63. The van der Waals surface area contributed by atoms with E-state index in [-0.39, 0.29) is 11.0 Å². The summed E-state index contributed by atoms with van der Waals surface area (Å²) >= 11 is 7.02.